The Balaban J connectivity index is 2.42. The van der Waals surface area contributed by atoms with Crippen LogP contribution in [0.5, 0.6) is 0 Å². The predicted molar refractivity (Wildman–Crippen MR) is 89.3 cm³/mol. The Morgan fingerprint density at radius 2 is 1.85 bits per heavy atom. The number of piperazine rings is 1. The lowest BCUT2D eigenvalue weighted by Crippen LogP contribution is -2.56. The first-order valence-electron chi connectivity index (χ1n) is 8.59. The van der Waals surface area contributed by atoms with E-state index in [2.05, 4.69) is 56.4 Å². The van der Waals surface area contributed by atoms with Crippen LogP contribution in [0.15, 0.2) is 0 Å². The maximum absolute atomic E-state index is 2.74. The Kier molecular flexibility index (Phi) is 8.08. The predicted octanol–water partition coefficient (Wildman–Crippen LogP) is 2.63. The zero-order valence-corrected chi connectivity index (χ0v) is 14.7. The highest BCUT2D eigenvalue weighted by atomic mass is 15.3. The van der Waals surface area contributed by atoms with E-state index in [1.165, 1.54) is 45.7 Å². The fourth-order valence-electron chi connectivity index (χ4n) is 3.20. The molecule has 0 N–H and O–H groups in total. The fraction of sp³-hybridized carbons (Fsp3) is 1.00. The molecule has 1 heterocycles. The Morgan fingerprint density at radius 3 is 2.40 bits per heavy atom. The van der Waals surface area contributed by atoms with Gasteiger partial charge in [0, 0.05) is 32.2 Å². The highest BCUT2D eigenvalue weighted by Crippen LogP contribution is 2.18. The van der Waals surface area contributed by atoms with Gasteiger partial charge in [-0.1, -0.05) is 34.6 Å². The molecule has 0 aromatic heterocycles. The first kappa shape index (κ1) is 17.9. The molecule has 0 aromatic rings. The van der Waals surface area contributed by atoms with Gasteiger partial charge in [0.1, 0.15) is 0 Å². The first-order chi connectivity index (χ1) is 9.43. The summed E-state index contributed by atoms with van der Waals surface area (Å²) >= 11 is 0. The number of nitrogens with zero attached hydrogens (tertiary/aromatic N) is 3. The molecule has 1 atom stereocenters. The second kappa shape index (κ2) is 9.01. The summed E-state index contributed by atoms with van der Waals surface area (Å²) in [4.78, 5) is 7.83. The lowest BCUT2D eigenvalue weighted by Gasteiger charge is -2.44. The molecule has 20 heavy (non-hydrogen) atoms. The SMILES string of the molecule is CCN(C)CCCN1CCN(CC(C)C)C[C@@H]1C(C)C. The van der Waals surface area contributed by atoms with Gasteiger partial charge in [-0.15, -0.1) is 0 Å². The molecule has 0 saturated carbocycles. The van der Waals surface area contributed by atoms with E-state index in [-0.39, 0.29) is 0 Å². The van der Waals surface area contributed by atoms with E-state index < -0.39 is 0 Å². The van der Waals surface area contributed by atoms with Gasteiger partial charge in [0.05, 0.1) is 0 Å². The summed E-state index contributed by atoms with van der Waals surface area (Å²) in [5.74, 6) is 1.54. The first-order valence-corrected chi connectivity index (χ1v) is 8.59. The van der Waals surface area contributed by atoms with Gasteiger partial charge < -0.3 is 9.80 Å². The Bertz CT molecular complexity index is 253. The largest absolute Gasteiger partial charge is 0.307 e. The molecule has 0 amide bonds. The number of rotatable bonds is 8. The van der Waals surface area contributed by atoms with Crippen LogP contribution in [0.4, 0.5) is 0 Å². The fourth-order valence-corrected chi connectivity index (χ4v) is 3.20. The van der Waals surface area contributed by atoms with Crippen LogP contribution in [0.2, 0.25) is 0 Å². The summed E-state index contributed by atoms with van der Waals surface area (Å²) in [5.41, 5.74) is 0. The van der Waals surface area contributed by atoms with Gasteiger partial charge in [0.2, 0.25) is 0 Å². The number of hydrogen-bond acceptors (Lipinski definition) is 3. The summed E-state index contributed by atoms with van der Waals surface area (Å²) in [7, 11) is 2.22. The van der Waals surface area contributed by atoms with Crippen LogP contribution in [0, 0.1) is 11.8 Å². The molecule has 1 aliphatic heterocycles. The third-order valence-electron chi connectivity index (χ3n) is 4.54. The Morgan fingerprint density at radius 1 is 1.15 bits per heavy atom. The summed E-state index contributed by atoms with van der Waals surface area (Å²) in [6.45, 7) is 20.4. The van der Waals surface area contributed by atoms with Crippen molar-refractivity contribution >= 4 is 0 Å². The van der Waals surface area contributed by atoms with Crippen molar-refractivity contribution in [3.63, 3.8) is 0 Å². The van der Waals surface area contributed by atoms with Crippen molar-refractivity contribution in [2.75, 3.05) is 52.9 Å². The normalized spacial score (nSPS) is 22.4. The highest BCUT2D eigenvalue weighted by molar-refractivity contribution is 4.84. The van der Waals surface area contributed by atoms with Crippen LogP contribution in [-0.4, -0.2) is 73.6 Å². The van der Waals surface area contributed by atoms with Crippen molar-refractivity contribution < 1.29 is 0 Å². The summed E-state index contributed by atoms with van der Waals surface area (Å²) in [5, 5.41) is 0. The van der Waals surface area contributed by atoms with Gasteiger partial charge in [0.25, 0.3) is 0 Å². The minimum atomic E-state index is 0.745. The third kappa shape index (κ3) is 6.11. The molecule has 3 heteroatoms. The van der Waals surface area contributed by atoms with E-state index in [4.69, 9.17) is 0 Å². The van der Waals surface area contributed by atoms with Crippen molar-refractivity contribution in [1.82, 2.24) is 14.7 Å². The van der Waals surface area contributed by atoms with Gasteiger partial charge in [-0.3, -0.25) is 4.90 Å². The molecule has 0 aromatic carbocycles. The molecule has 0 bridgehead atoms. The smallest absolute Gasteiger partial charge is 0.0246 e. The standard InChI is InChI=1S/C17H37N3/c1-7-18(6)9-8-10-20-12-11-19(13-15(2)3)14-17(20)16(4)5/h15-17H,7-14H2,1-6H3/t17-/m1/s1. The van der Waals surface area contributed by atoms with Crippen LogP contribution in [0.25, 0.3) is 0 Å². The highest BCUT2D eigenvalue weighted by Gasteiger charge is 2.28. The van der Waals surface area contributed by atoms with Crippen LogP contribution in [0.3, 0.4) is 0 Å². The van der Waals surface area contributed by atoms with E-state index in [0.717, 1.165) is 24.4 Å². The van der Waals surface area contributed by atoms with E-state index in [0.29, 0.717) is 0 Å². The van der Waals surface area contributed by atoms with Crippen molar-refractivity contribution in [2.24, 2.45) is 11.8 Å². The molecule has 0 radical (unpaired) electrons. The minimum absolute atomic E-state index is 0.745. The van der Waals surface area contributed by atoms with Crippen molar-refractivity contribution in [3.05, 3.63) is 0 Å². The third-order valence-corrected chi connectivity index (χ3v) is 4.54. The second-order valence-electron chi connectivity index (χ2n) is 7.25. The van der Waals surface area contributed by atoms with E-state index >= 15 is 0 Å². The zero-order chi connectivity index (χ0) is 15.1. The molecule has 1 rings (SSSR count). The second-order valence-corrected chi connectivity index (χ2v) is 7.25. The van der Waals surface area contributed by atoms with Crippen molar-refractivity contribution in [2.45, 2.75) is 47.1 Å². The number of hydrogen-bond donors (Lipinski definition) is 0. The summed E-state index contributed by atoms with van der Waals surface area (Å²) in [6.07, 6.45) is 1.30. The van der Waals surface area contributed by atoms with Gasteiger partial charge in [-0.2, -0.15) is 0 Å². The maximum atomic E-state index is 2.74. The van der Waals surface area contributed by atoms with Gasteiger partial charge in [-0.25, -0.2) is 0 Å². The van der Waals surface area contributed by atoms with E-state index in [9.17, 15) is 0 Å². The Hall–Kier alpha value is -0.120. The molecule has 1 aliphatic rings. The quantitative estimate of drug-likeness (QED) is 0.678. The lowest BCUT2D eigenvalue weighted by atomic mass is 9.98. The topological polar surface area (TPSA) is 9.72 Å². The van der Waals surface area contributed by atoms with Crippen molar-refractivity contribution in [1.29, 1.82) is 0 Å². The van der Waals surface area contributed by atoms with Crippen LogP contribution >= 0.6 is 0 Å². The van der Waals surface area contributed by atoms with Gasteiger partial charge in [-0.05, 0) is 44.9 Å². The molecule has 120 valence electrons. The average molecular weight is 284 g/mol. The Labute approximate surface area is 127 Å². The summed E-state index contributed by atoms with van der Waals surface area (Å²) < 4.78 is 0. The van der Waals surface area contributed by atoms with E-state index in [1.807, 2.05) is 0 Å². The van der Waals surface area contributed by atoms with Crippen LogP contribution < -0.4 is 0 Å². The van der Waals surface area contributed by atoms with Crippen LogP contribution in [0.1, 0.15) is 41.0 Å². The minimum Gasteiger partial charge on any atom is -0.307 e. The molecular weight excluding hydrogens is 246 g/mol. The molecule has 1 fully saturated rings. The van der Waals surface area contributed by atoms with Gasteiger partial charge in [0.15, 0.2) is 0 Å². The van der Waals surface area contributed by atoms with Gasteiger partial charge >= 0.3 is 0 Å². The molecule has 0 spiro atoms. The molecule has 3 nitrogen and oxygen atoms in total. The maximum Gasteiger partial charge on any atom is 0.0246 e. The lowest BCUT2D eigenvalue weighted by molar-refractivity contribution is 0.0422. The molecule has 0 aliphatic carbocycles. The zero-order valence-electron chi connectivity index (χ0n) is 14.7. The van der Waals surface area contributed by atoms with Crippen molar-refractivity contribution in [3.8, 4) is 0 Å². The molecule has 1 saturated heterocycles. The average Bonchev–Trinajstić information content (AvgIpc) is 2.39. The van der Waals surface area contributed by atoms with Crippen LogP contribution in [-0.2, 0) is 0 Å². The molecule has 0 unspecified atom stereocenters. The van der Waals surface area contributed by atoms with E-state index in [1.54, 1.807) is 0 Å². The molecular formula is C17H37N3. The monoisotopic (exact) mass is 283 g/mol. The summed E-state index contributed by atoms with van der Waals surface area (Å²) in [6, 6.07) is 0.745.